The number of ketones is 2. The first kappa shape index (κ1) is 11.1. The topological polar surface area (TPSA) is 43.4 Å². The summed E-state index contributed by atoms with van der Waals surface area (Å²) in [6.45, 7) is 3.85. The summed E-state index contributed by atoms with van der Waals surface area (Å²) in [4.78, 5) is 24.2. The molecular weight excluding hydrogens is 204 g/mol. The summed E-state index contributed by atoms with van der Waals surface area (Å²) >= 11 is 0. The molecule has 3 heteroatoms. The van der Waals surface area contributed by atoms with Crippen LogP contribution in [0.3, 0.4) is 0 Å². The zero-order valence-corrected chi connectivity index (χ0v) is 9.82. The normalized spacial score (nSPS) is 38.1. The molecule has 0 fully saturated rings. The van der Waals surface area contributed by atoms with Crippen LogP contribution in [0.2, 0.25) is 0 Å². The van der Waals surface area contributed by atoms with Crippen molar-refractivity contribution in [1.82, 2.24) is 0 Å². The van der Waals surface area contributed by atoms with E-state index in [0.29, 0.717) is 6.42 Å². The van der Waals surface area contributed by atoms with Crippen molar-refractivity contribution in [2.45, 2.75) is 20.3 Å². The van der Waals surface area contributed by atoms with Gasteiger partial charge in [-0.1, -0.05) is 26.0 Å². The Bertz CT molecular complexity index is 405. The average Bonchev–Trinajstić information content (AvgIpc) is 2.23. The molecule has 0 bridgehead atoms. The molecule has 1 unspecified atom stereocenters. The third-order valence-electron chi connectivity index (χ3n) is 3.76. The summed E-state index contributed by atoms with van der Waals surface area (Å²) < 4.78 is 4.98. The van der Waals surface area contributed by atoms with Gasteiger partial charge in [-0.25, -0.2) is 0 Å². The third-order valence-corrected chi connectivity index (χ3v) is 3.76. The van der Waals surface area contributed by atoms with Crippen molar-refractivity contribution < 1.29 is 14.3 Å². The highest BCUT2D eigenvalue weighted by molar-refractivity contribution is 6.11. The monoisotopic (exact) mass is 220 g/mol. The van der Waals surface area contributed by atoms with E-state index >= 15 is 0 Å². The number of fused-ring (bicyclic) bond motifs is 1. The molecule has 0 saturated heterocycles. The van der Waals surface area contributed by atoms with Crippen molar-refractivity contribution in [2.24, 2.45) is 17.3 Å². The highest BCUT2D eigenvalue weighted by atomic mass is 16.5. The Hall–Kier alpha value is -1.38. The van der Waals surface area contributed by atoms with Crippen molar-refractivity contribution in [3.63, 3.8) is 0 Å². The van der Waals surface area contributed by atoms with Gasteiger partial charge in [-0.15, -0.1) is 0 Å². The number of carbonyl (C=O) groups is 2. The molecule has 0 aromatic heterocycles. The fourth-order valence-corrected chi connectivity index (χ4v) is 2.80. The lowest BCUT2D eigenvalue weighted by molar-refractivity contribution is -0.140. The number of ether oxygens (including phenoxy) is 1. The minimum absolute atomic E-state index is 0.00477. The molecule has 0 amide bonds. The second kappa shape index (κ2) is 3.58. The lowest BCUT2D eigenvalue weighted by Crippen LogP contribution is -2.47. The molecule has 0 heterocycles. The molecule has 0 aliphatic heterocycles. The largest absolute Gasteiger partial charge is 0.493 e. The van der Waals surface area contributed by atoms with Crippen LogP contribution in [0.1, 0.15) is 20.3 Å². The van der Waals surface area contributed by atoms with Crippen LogP contribution in [0.5, 0.6) is 0 Å². The molecule has 2 aliphatic carbocycles. The molecule has 0 aromatic rings. The van der Waals surface area contributed by atoms with E-state index in [2.05, 4.69) is 0 Å². The van der Waals surface area contributed by atoms with Crippen molar-refractivity contribution in [2.75, 3.05) is 7.11 Å². The number of hydrogen-bond donors (Lipinski definition) is 0. The molecule has 3 atom stereocenters. The Morgan fingerprint density at radius 2 is 2.12 bits per heavy atom. The molecule has 16 heavy (non-hydrogen) atoms. The van der Waals surface area contributed by atoms with E-state index in [1.165, 1.54) is 13.2 Å². The Morgan fingerprint density at radius 1 is 1.44 bits per heavy atom. The Labute approximate surface area is 95.2 Å². The van der Waals surface area contributed by atoms with E-state index in [4.69, 9.17) is 4.74 Å². The molecule has 0 saturated carbocycles. The maximum atomic E-state index is 12.2. The zero-order chi connectivity index (χ0) is 11.9. The molecule has 0 aromatic carbocycles. The molecule has 0 radical (unpaired) electrons. The summed E-state index contributed by atoms with van der Waals surface area (Å²) in [5, 5.41) is 0. The van der Waals surface area contributed by atoms with Crippen LogP contribution >= 0.6 is 0 Å². The van der Waals surface area contributed by atoms with Gasteiger partial charge in [0.05, 0.1) is 7.11 Å². The van der Waals surface area contributed by atoms with E-state index in [-0.39, 0.29) is 29.2 Å². The highest BCUT2D eigenvalue weighted by Crippen LogP contribution is 2.46. The molecule has 86 valence electrons. The second-order valence-corrected chi connectivity index (χ2v) is 4.83. The van der Waals surface area contributed by atoms with E-state index in [9.17, 15) is 9.59 Å². The van der Waals surface area contributed by atoms with Gasteiger partial charge in [0.25, 0.3) is 0 Å². The summed E-state index contributed by atoms with van der Waals surface area (Å²) in [5.41, 5.74) is -0.576. The number of hydrogen-bond acceptors (Lipinski definition) is 3. The predicted octanol–water partition coefficient (Wildman–Crippen LogP) is 1.89. The van der Waals surface area contributed by atoms with E-state index in [1.807, 2.05) is 26.0 Å². The minimum atomic E-state index is -0.576. The Balaban J connectivity index is 2.51. The molecule has 3 nitrogen and oxygen atoms in total. The first-order valence-corrected chi connectivity index (χ1v) is 5.51. The van der Waals surface area contributed by atoms with Crippen LogP contribution in [0.25, 0.3) is 0 Å². The van der Waals surface area contributed by atoms with Gasteiger partial charge >= 0.3 is 0 Å². The van der Waals surface area contributed by atoms with Gasteiger partial charge in [-0.05, 0) is 12.3 Å². The lowest BCUT2D eigenvalue weighted by atomic mass is 9.59. The summed E-state index contributed by atoms with van der Waals surface area (Å²) in [6.07, 6.45) is 6.00. The molecule has 0 spiro atoms. The van der Waals surface area contributed by atoms with Gasteiger partial charge in [0.15, 0.2) is 11.5 Å². The van der Waals surface area contributed by atoms with Crippen molar-refractivity contribution in [3.05, 3.63) is 24.0 Å². The zero-order valence-electron chi connectivity index (χ0n) is 9.82. The summed E-state index contributed by atoms with van der Waals surface area (Å²) in [6, 6.07) is 0. The lowest BCUT2D eigenvalue weighted by Gasteiger charge is -2.42. The SMILES string of the molecule is COC1=CC(=O)[C@]2(C)CC=C[C@H](C)C2C1=O. The fraction of sp³-hybridized carbons (Fsp3) is 0.538. The predicted molar refractivity (Wildman–Crippen MR) is 59.6 cm³/mol. The van der Waals surface area contributed by atoms with Crippen molar-refractivity contribution in [3.8, 4) is 0 Å². The Kier molecular flexibility index (Phi) is 2.49. The highest BCUT2D eigenvalue weighted by Gasteiger charge is 2.51. The van der Waals surface area contributed by atoms with Gasteiger partial charge in [-0.3, -0.25) is 9.59 Å². The molecular formula is C13H16O3. The number of Topliss-reactive ketones (excluding diaryl/α,β-unsaturated/α-hetero) is 1. The molecule has 2 rings (SSSR count). The number of carbonyl (C=O) groups excluding carboxylic acids is 2. The number of rotatable bonds is 1. The first-order chi connectivity index (χ1) is 7.50. The van der Waals surface area contributed by atoms with Gasteiger partial charge in [0.1, 0.15) is 0 Å². The fourth-order valence-electron chi connectivity index (χ4n) is 2.80. The van der Waals surface area contributed by atoms with Crippen LogP contribution in [0.4, 0.5) is 0 Å². The van der Waals surface area contributed by atoms with Gasteiger partial charge in [-0.2, -0.15) is 0 Å². The minimum Gasteiger partial charge on any atom is -0.493 e. The summed E-state index contributed by atoms with van der Waals surface area (Å²) in [7, 11) is 1.43. The van der Waals surface area contributed by atoms with E-state index < -0.39 is 5.41 Å². The van der Waals surface area contributed by atoms with Gasteiger partial charge < -0.3 is 4.74 Å². The third kappa shape index (κ3) is 1.34. The number of methoxy groups -OCH3 is 1. The van der Waals surface area contributed by atoms with Crippen LogP contribution in [-0.4, -0.2) is 18.7 Å². The van der Waals surface area contributed by atoms with Crippen LogP contribution in [0, 0.1) is 17.3 Å². The smallest absolute Gasteiger partial charge is 0.202 e. The summed E-state index contributed by atoms with van der Waals surface area (Å²) in [5.74, 6) is -0.0137. The van der Waals surface area contributed by atoms with Crippen LogP contribution < -0.4 is 0 Å². The average molecular weight is 220 g/mol. The quantitative estimate of drug-likeness (QED) is 0.634. The van der Waals surface area contributed by atoms with Crippen molar-refractivity contribution >= 4 is 11.6 Å². The maximum absolute atomic E-state index is 12.2. The molecule has 0 N–H and O–H groups in total. The van der Waals surface area contributed by atoms with Gasteiger partial charge in [0.2, 0.25) is 5.78 Å². The van der Waals surface area contributed by atoms with Crippen molar-refractivity contribution in [1.29, 1.82) is 0 Å². The van der Waals surface area contributed by atoms with Crippen LogP contribution in [-0.2, 0) is 14.3 Å². The van der Waals surface area contributed by atoms with E-state index in [1.54, 1.807) is 0 Å². The molecule has 2 aliphatic rings. The standard InChI is InChI=1S/C13H16O3/c1-8-5-4-6-13(2)10(14)7-9(16-3)12(15)11(8)13/h4-5,7-8,11H,6H2,1-3H3/t8-,11?,13-/m0/s1. The van der Waals surface area contributed by atoms with Crippen LogP contribution in [0.15, 0.2) is 24.0 Å². The van der Waals surface area contributed by atoms with Gasteiger partial charge in [0, 0.05) is 17.4 Å². The first-order valence-electron chi connectivity index (χ1n) is 5.51. The maximum Gasteiger partial charge on any atom is 0.202 e. The second-order valence-electron chi connectivity index (χ2n) is 4.83. The number of allylic oxidation sites excluding steroid dienone is 4. The van der Waals surface area contributed by atoms with E-state index in [0.717, 1.165) is 0 Å². The Morgan fingerprint density at radius 3 is 2.75 bits per heavy atom.